The van der Waals surface area contributed by atoms with Crippen molar-refractivity contribution >= 4 is 0 Å². The van der Waals surface area contributed by atoms with E-state index in [9.17, 15) is 0 Å². The highest BCUT2D eigenvalue weighted by Crippen LogP contribution is 2.32. The van der Waals surface area contributed by atoms with Gasteiger partial charge in [0.25, 0.3) is 0 Å². The summed E-state index contributed by atoms with van der Waals surface area (Å²) in [6.45, 7) is 7.37. The van der Waals surface area contributed by atoms with Gasteiger partial charge in [-0.3, -0.25) is 0 Å². The Morgan fingerprint density at radius 2 is 1.88 bits per heavy atom. The van der Waals surface area contributed by atoms with E-state index in [0.717, 1.165) is 23.9 Å². The summed E-state index contributed by atoms with van der Waals surface area (Å²) in [5, 5.41) is 3.67. The third kappa shape index (κ3) is 3.45. The van der Waals surface area contributed by atoms with E-state index in [1.165, 1.54) is 51.6 Å². The topological polar surface area (TPSA) is 15.3 Å². The van der Waals surface area contributed by atoms with Crippen molar-refractivity contribution in [1.29, 1.82) is 0 Å². The SMILES string of the molecule is CC1CCCC(N(C)CC2CCCCN2)C1C. The molecule has 0 bridgehead atoms. The van der Waals surface area contributed by atoms with Crippen LogP contribution in [0.4, 0.5) is 0 Å². The van der Waals surface area contributed by atoms with Crippen LogP contribution in [0.2, 0.25) is 0 Å². The van der Waals surface area contributed by atoms with Crippen molar-refractivity contribution in [1.82, 2.24) is 10.2 Å². The van der Waals surface area contributed by atoms with Crippen LogP contribution in [0.25, 0.3) is 0 Å². The fourth-order valence-electron chi connectivity index (χ4n) is 3.74. The van der Waals surface area contributed by atoms with Crippen molar-refractivity contribution < 1.29 is 0 Å². The molecule has 4 unspecified atom stereocenters. The predicted molar refractivity (Wildman–Crippen MR) is 74.2 cm³/mol. The second-order valence-corrected chi connectivity index (χ2v) is 6.42. The molecule has 2 aliphatic rings. The maximum Gasteiger partial charge on any atom is 0.0195 e. The first-order valence-corrected chi connectivity index (χ1v) is 7.62. The summed E-state index contributed by atoms with van der Waals surface area (Å²) in [5.74, 6) is 1.79. The van der Waals surface area contributed by atoms with Crippen LogP contribution in [0.3, 0.4) is 0 Å². The van der Waals surface area contributed by atoms with Crippen LogP contribution in [-0.4, -0.2) is 37.1 Å². The molecule has 0 aromatic rings. The van der Waals surface area contributed by atoms with Crippen molar-refractivity contribution in [2.24, 2.45) is 11.8 Å². The fraction of sp³-hybridized carbons (Fsp3) is 1.00. The maximum absolute atomic E-state index is 3.67. The predicted octanol–water partition coefficient (Wildman–Crippen LogP) is 2.89. The minimum atomic E-state index is 0.748. The summed E-state index contributed by atoms with van der Waals surface area (Å²) in [6.07, 6.45) is 8.45. The lowest BCUT2D eigenvalue weighted by Crippen LogP contribution is -2.49. The summed E-state index contributed by atoms with van der Waals surface area (Å²) in [4.78, 5) is 2.64. The number of piperidine rings is 1. The summed E-state index contributed by atoms with van der Waals surface area (Å²) < 4.78 is 0. The number of hydrogen-bond acceptors (Lipinski definition) is 2. The van der Waals surface area contributed by atoms with Gasteiger partial charge in [0.05, 0.1) is 0 Å². The molecule has 1 saturated heterocycles. The van der Waals surface area contributed by atoms with Gasteiger partial charge in [0.2, 0.25) is 0 Å². The largest absolute Gasteiger partial charge is 0.313 e. The lowest BCUT2D eigenvalue weighted by atomic mass is 9.77. The number of nitrogens with zero attached hydrogens (tertiary/aromatic N) is 1. The minimum Gasteiger partial charge on any atom is -0.313 e. The van der Waals surface area contributed by atoms with E-state index < -0.39 is 0 Å². The van der Waals surface area contributed by atoms with Crippen molar-refractivity contribution in [3.63, 3.8) is 0 Å². The Morgan fingerprint density at radius 3 is 2.59 bits per heavy atom. The van der Waals surface area contributed by atoms with E-state index in [-0.39, 0.29) is 0 Å². The normalized spacial score (nSPS) is 39.5. The molecule has 2 nitrogen and oxygen atoms in total. The molecule has 1 heterocycles. The van der Waals surface area contributed by atoms with E-state index in [1.54, 1.807) is 0 Å². The first-order chi connectivity index (χ1) is 8.18. The number of hydrogen-bond donors (Lipinski definition) is 1. The summed E-state index contributed by atoms with van der Waals surface area (Å²) >= 11 is 0. The Bertz CT molecular complexity index is 223. The van der Waals surface area contributed by atoms with Gasteiger partial charge in [-0.25, -0.2) is 0 Å². The van der Waals surface area contributed by atoms with Crippen LogP contribution in [0, 0.1) is 11.8 Å². The monoisotopic (exact) mass is 238 g/mol. The fourth-order valence-corrected chi connectivity index (χ4v) is 3.74. The quantitative estimate of drug-likeness (QED) is 0.813. The van der Waals surface area contributed by atoms with Gasteiger partial charge in [0.1, 0.15) is 0 Å². The maximum atomic E-state index is 3.67. The molecule has 100 valence electrons. The van der Waals surface area contributed by atoms with Gasteiger partial charge in [0, 0.05) is 18.6 Å². The van der Waals surface area contributed by atoms with Crippen LogP contribution in [0.1, 0.15) is 52.4 Å². The first kappa shape index (κ1) is 13.4. The van der Waals surface area contributed by atoms with Crippen molar-refractivity contribution in [3.05, 3.63) is 0 Å². The van der Waals surface area contributed by atoms with Crippen LogP contribution >= 0.6 is 0 Å². The second-order valence-electron chi connectivity index (χ2n) is 6.42. The standard InChI is InChI=1S/C15H30N2/c1-12-7-6-9-15(13(12)2)17(3)11-14-8-4-5-10-16-14/h12-16H,4-11H2,1-3H3. The highest BCUT2D eigenvalue weighted by atomic mass is 15.2. The molecule has 1 aliphatic heterocycles. The molecule has 2 rings (SSSR count). The molecule has 1 aliphatic carbocycles. The Balaban J connectivity index is 1.83. The van der Waals surface area contributed by atoms with Crippen LogP contribution < -0.4 is 5.32 Å². The average Bonchev–Trinajstić information content (AvgIpc) is 2.34. The molecular formula is C15H30N2. The molecule has 2 fully saturated rings. The van der Waals surface area contributed by atoms with Crippen LogP contribution in [-0.2, 0) is 0 Å². The van der Waals surface area contributed by atoms with E-state index in [4.69, 9.17) is 0 Å². The molecule has 0 spiro atoms. The van der Waals surface area contributed by atoms with Crippen LogP contribution in [0.15, 0.2) is 0 Å². The third-order valence-electron chi connectivity index (χ3n) is 5.15. The molecule has 17 heavy (non-hydrogen) atoms. The van der Waals surface area contributed by atoms with Crippen molar-refractivity contribution in [2.45, 2.75) is 64.5 Å². The Hall–Kier alpha value is -0.0800. The molecule has 1 saturated carbocycles. The minimum absolute atomic E-state index is 0.748. The first-order valence-electron chi connectivity index (χ1n) is 7.62. The summed E-state index contributed by atoms with van der Waals surface area (Å²) in [6, 6.07) is 1.57. The molecule has 4 atom stereocenters. The summed E-state index contributed by atoms with van der Waals surface area (Å²) in [7, 11) is 2.34. The lowest BCUT2D eigenvalue weighted by molar-refractivity contribution is 0.0912. The molecular weight excluding hydrogens is 208 g/mol. The van der Waals surface area contributed by atoms with Gasteiger partial charge in [-0.05, 0) is 44.7 Å². The summed E-state index contributed by atoms with van der Waals surface area (Å²) in [5.41, 5.74) is 0. The molecule has 2 heteroatoms. The number of likely N-dealkylation sites (N-methyl/N-ethyl adjacent to an activating group) is 1. The molecule has 0 amide bonds. The highest BCUT2D eigenvalue weighted by molar-refractivity contribution is 4.85. The van der Waals surface area contributed by atoms with Gasteiger partial charge in [-0.15, -0.1) is 0 Å². The van der Waals surface area contributed by atoms with Gasteiger partial charge in [-0.1, -0.05) is 33.1 Å². The molecule has 0 radical (unpaired) electrons. The number of rotatable bonds is 3. The molecule has 1 N–H and O–H groups in total. The van der Waals surface area contributed by atoms with E-state index in [1.807, 2.05) is 0 Å². The van der Waals surface area contributed by atoms with Gasteiger partial charge < -0.3 is 10.2 Å². The van der Waals surface area contributed by atoms with Crippen LogP contribution in [0.5, 0.6) is 0 Å². The Kier molecular flexibility index (Phi) is 4.87. The highest BCUT2D eigenvalue weighted by Gasteiger charge is 2.30. The lowest BCUT2D eigenvalue weighted by Gasteiger charge is -2.41. The van der Waals surface area contributed by atoms with Gasteiger partial charge in [-0.2, -0.15) is 0 Å². The molecule has 0 aromatic carbocycles. The second kappa shape index (κ2) is 6.19. The van der Waals surface area contributed by atoms with Crippen molar-refractivity contribution in [3.8, 4) is 0 Å². The Morgan fingerprint density at radius 1 is 1.06 bits per heavy atom. The van der Waals surface area contributed by atoms with Crippen molar-refractivity contribution in [2.75, 3.05) is 20.1 Å². The zero-order valence-electron chi connectivity index (χ0n) is 11.9. The number of nitrogens with one attached hydrogen (secondary N) is 1. The van der Waals surface area contributed by atoms with E-state index in [0.29, 0.717) is 0 Å². The van der Waals surface area contributed by atoms with E-state index in [2.05, 4.69) is 31.1 Å². The average molecular weight is 238 g/mol. The smallest absolute Gasteiger partial charge is 0.0195 e. The molecule has 0 aromatic heterocycles. The Labute approximate surface area is 107 Å². The van der Waals surface area contributed by atoms with E-state index >= 15 is 0 Å². The third-order valence-corrected chi connectivity index (χ3v) is 5.15. The zero-order chi connectivity index (χ0) is 12.3. The zero-order valence-corrected chi connectivity index (χ0v) is 11.9. The van der Waals surface area contributed by atoms with Gasteiger partial charge in [0.15, 0.2) is 0 Å². The van der Waals surface area contributed by atoms with Gasteiger partial charge >= 0.3 is 0 Å².